The topological polar surface area (TPSA) is 12.9 Å². The van der Waals surface area contributed by atoms with E-state index in [4.69, 9.17) is 11.6 Å². The number of hydrogen-bond acceptors (Lipinski definition) is 1. The van der Waals surface area contributed by atoms with Crippen LogP contribution in [0.5, 0.6) is 0 Å². The molecular formula is C27H33ClIrN-. The Hall–Kier alpha value is -1.21. The molecule has 30 heavy (non-hydrogen) atoms. The number of aromatic nitrogens is 1. The number of pyridine rings is 1. The minimum Gasteiger partial charge on any atom is -0.304 e. The van der Waals surface area contributed by atoms with Crippen molar-refractivity contribution in [2.24, 2.45) is 0 Å². The molecule has 3 aromatic rings. The van der Waals surface area contributed by atoms with Crippen LogP contribution in [0.1, 0.15) is 68.6 Å². The molecule has 0 aliphatic heterocycles. The molecule has 2 aromatic carbocycles. The molecular weight excluding hydrogens is 566 g/mol. The molecule has 1 aliphatic carbocycles. The molecule has 1 aromatic heterocycles. The van der Waals surface area contributed by atoms with Gasteiger partial charge in [-0.3, -0.25) is 6.42 Å². The van der Waals surface area contributed by atoms with Crippen molar-refractivity contribution in [3.05, 3.63) is 71.8 Å². The number of rotatable bonds is 3. The van der Waals surface area contributed by atoms with Gasteiger partial charge in [-0.2, -0.15) is 6.92 Å². The standard InChI is InChI=1S/C23H24N.C4H9Cl.Ir/c1-16-12-17(2)14-21(13-16)23-22-9-8-19(15-20(22)10-11-24-23)18-6-4-3-5-7-18;1-3-4(2)5;/h8-13,15,18H,3-7H2,1-2H3;3-5H,1-2H3;/q-1;;. The van der Waals surface area contributed by atoms with Crippen molar-refractivity contribution in [3.8, 4) is 11.3 Å². The second-order valence-electron chi connectivity index (χ2n) is 8.27. The molecule has 1 atom stereocenters. The second-order valence-corrected chi connectivity index (χ2v) is 9.01. The van der Waals surface area contributed by atoms with Crippen LogP contribution in [0, 0.1) is 37.9 Å². The molecule has 1 saturated carbocycles. The smallest absolute Gasteiger partial charge is 0.0758 e. The summed E-state index contributed by atoms with van der Waals surface area (Å²) in [6.45, 7) is 8.19. The summed E-state index contributed by atoms with van der Waals surface area (Å²) in [6.07, 6.45) is 10.8. The van der Waals surface area contributed by atoms with E-state index in [9.17, 15) is 0 Å². The van der Waals surface area contributed by atoms with Gasteiger partial charge < -0.3 is 4.98 Å². The first-order chi connectivity index (χ1) is 14.0. The van der Waals surface area contributed by atoms with Crippen molar-refractivity contribution in [2.45, 2.75) is 71.1 Å². The van der Waals surface area contributed by atoms with Crippen LogP contribution in [-0.2, 0) is 20.1 Å². The summed E-state index contributed by atoms with van der Waals surface area (Å²) < 4.78 is 0. The number of alkyl halides is 1. The predicted octanol–water partition coefficient (Wildman–Crippen LogP) is 7.24. The molecule has 1 heterocycles. The van der Waals surface area contributed by atoms with Crippen LogP contribution in [0.3, 0.4) is 0 Å². The fourth-order valence-corrected chi connectivity index (χ4v) is 4.12. The largest absolute Gasteiger partial charge is 0.304 e. The number of halogens is 1. The third kappa shape index (κ3) is 6.64. The maximum absolute atomic E-state index is 4.72. The summed E-state index contributed by atoms with van der Waals surface area (Å²) in [5, 5.41) is 2.88. The monoisotopic (exact) mass is 599 g/mol. The summed E-state index contributed by atoms with van der Waals surface area (Å²) in [4.78, 5) is 4.67. The van der Waals surface area contributed by atoms with Gasteiger partial charge in [0.1, 0.15) is 0 Å². The van der Waals surface area contributed by atoms with E-state index in [2.05, 4.69) is 61.3 Å². The quantitative estimate of drug-likeness (QED) is 0.229. The second kappa shape index (κ2) is 12.0. The zero-order valence-corrected chi connectivity index (χ0v) is 21.7. The van der Waals surface area contributed by atoms with E-state index in [0.717, 1.165) is 17.2 Å². The normalized spacial score (nSPS) is 15.1. The van der Waals surface area contributed by atoms with Gasteiger partial charge in [0.15, 0.2) is 0 Å². The summed E-state index contributed by atoms with van der Waals surface area (Å²) in [7, 11) is 0. The van der Waals surface area contributed by atoms with Crippen LogP contribution in [0.25, 0.3) is 22.0 Å². The van der Waals surface area contributed by atoms with Crippen molar-refractivity contribution in [2.75, 3.05) is 0 Å². The van der Waals surface area contributed by atoms with Gasteiger partial charge in [-0.05, 0) is 53.8 Å². The minimum atomic E-state index is 0. The van der Waals surface area contributed by atoms with E-state index in [0.29, 0.717) is 5.38 Å². The Morgan fingerprint density at radius 2 is 1.77 bits per heavy atom. The van der Waals surface area contributed by atoms with Crippen LogP contribution in [0.15, 0.2) is 42.6 Å². The summed E-state index contributed by atoms with van der Waals surface area (Å²) in [5.41, 5.74) is 6.09. The molecule has 0 amide bonds. The third-order valence-corrected chi connectivity index (χ3v) is 6.01. The van der Waals surface area contributed by atoms with Crippen molar-refractivity contribution < 1.29 is 31.7 Å². The van der Waals surface area contributed by atoms with E-state index in [1.54, 1.807) is 0 Å². The molecule has 4 rings (SSSR count). The average Bonchev–Trinajstić information content (AvgIpc) is 2.73. The number of benzene rings is 2. The zero-order chi connectivity index (χ0) is 20.8. The summed E-state index contributed by atoms with van der Waals surface area (Å²) in [6, 6.07) is 17.0. The maximum atomic E-state index is 4.72. The molecule has 1 aliphatic rings. The van der Waals surface area contributed by atoms with Crippen LogP contribution in [0.4, 0.5) is 0 Å². The van der Waals surface area contributed by atoms with Crippen LogP contribution in [0.2, 0.25) is 0 Å². The van der Waals surface area contributed by atoms with Gasteiger partial charge >= 0.3 is 0 Å². The Balaban J connectivity index is 0.000000482. The molecule has 1 nitrogen and oxygen atoms in total. The first-order valence-electron chi connectivity index (χ1n) is 10.8. The van der Waals surface area contributed by atoms with Gasteiger partial charge in [0.2, 0.25) is 0 Å². The number of nitrogens with zero attached hydrogens (tertiary/aromatic N) is 1. The molecule has 0 bridgehead atoms. The fourth-order valence-electron chi connectivity index (χ4n) is 4.12. The van der Waals surface area contributed by atoms with Gasteiger partial charge in [-0.1, -0.05) is 51.3 Å². The molecule has 0 spiro atoms. The summed E-state index contributed by atoms with van der Waals surface area (Å²) >= 11 is 4.72. The first kappa shape index (κ1) is 25.1. The van der Waals surface area contributed by atoms with Gasteiger partial charge in [-0.25, -0.2) is 0 Å². The van der Waals surface area contributed by atoms with Crippen LogP contribution >= 0.6 is 0 Å². The SMILES string of the molecule is C[CH-]C(C)[ClH+].Cc1[c-]c(-c2nccc3cc(C4CCCCC4)ccc23)cc(C)c1.[Ir]. The zero-order valence-electron chi connectivity index (χ0n) is 18.5. The van der Waals surface area contributed by atoms with Crippen LogP contribution < -0.4 is 0 Å². The van der Waals surface area contributed by atoms with E-state index >= 15 is 0 Å². The maximum Gasteiger partial charge on any atom is 0.0758 e. The Kier molecular flexibility index (Phi) is 10.0. The predicted molar refractivity (Wildman–Crippen MR) is 122 cm³/mol. The van der Waals surface area contributed by atoms with Gasteiger partial charge in [-0.15, -0.1) is 34.9 Å². The number of fused-ring (bicyclic) bond motifs is 1. The molecule has 163 valence electrons. The summed E-state index contributed by atoms with van der Waals surface area (Å²) in [5.74, 6) is 0.743. The third-order valence-electron chi connectivity index (χ3n) is 5.74. The van der Waals surface area contributed by atoms with E-state index < -0.39 is 0 Å². The van der Waals surface area contributed by atoms with Gasteiger partial charge in [0.25, 0.3) is 0 Å². The molecule has 3 heteroatoms. The van der Waals surface area contributed by atoms with E-state index in [-0.39, 0.29) is 20.1 Å². The first-order valence-corrected chi connectivity index (χ1v) is 11.3. The molecule has 1 unspecified atom stereocenters. The molecule has 0 N–H and O–H groups in total. The Labute approximate surface area is 201 Å². The van der Waals surface area contributed by atoms with Crippen molar-refractivity contribution in [1.82, 2.24) is 4.98 Å². The fraction of sp³-hybridized carbons (Fsp3) is 0.407. The van der Waals surface area contributed by atoms with Crippen molar-refractivity contribution in [1.29, 1.82) is 0 Å². The molecule has 1 fully saturated rings. The number of aryl methyl sites for hydroxylation is 2. The Morgan fingerprint density at radius 1 is 1.07 bits per heavy atom. The minimum absolute atomic E-state index is 0. The molecule has 1 radical (unpaired) electrons. The number of hydrogen-bond donors (Lipinski definition) is 0. The van der Waals surface area contributed by atoms with E-state index in [1.807, 2.05) is 26.5 Å². The Morgan fingerprint density at radius 3 is 2.40 bits per heavy atom. The van der Waals surface area contributed by atoms with Gasteiger partial charge in [0, 0.05) is 26.3 Å². The van der Waals surface area contributed by atoms with Crippen LogP contribution in [-0.4, -0.2) is 10.4 Å². The van der Waals surface area contributed by atoms with E-state index in [1.165, 1.54) is 59.6 Å². The van der Waals surface area contributed by atoms with Crippen molar-refractivity contribution in [3.63, 3.8) is 0 Å². The van der Waals surface area contributed by atoms with Gasteiger partial charge in [0.05, 0.1) is 17.0 Å². The van der Waals surface area contributed by atoms with Crippen molar-refractivity contribution >= 4 is 10.8 Å². The molecule has 0 saturated heterocycles. The average molecular weight is 599 g/mol. The Bertz CT molecular complexity index is 924.